The van der Waals surface area contributed by atoms with Crippen LogP contribution in [0.3, 0.4) is 0 Å². The summed E-state index contributed by atoms with van der Waals surface area (Å²) < 4.78 is 5.84. The van der Waals surface area contributed by atoms with Crippen molar-refractivity contribution in [1.82, 2.24) is 4.90 Å². The molecule has 110 valence electrons. The van der Waals surface area contributed by atoms with Crippen molar-refractivity contribution in [3.05, 3.63) is 0 Å². The highest BCUT2D eigenvalue weighted by molar-refractivity contribution is 9.09. The van der Waals surface area contributed by atoms with Gasteiger partial charge in [0, 0.05) is 17.9 Å². The van der Waals surface area contributed by atoms with Gasteiger partial charge < -0.3 is 9.64 Å². The molecule has 2 aliphatic rings. The maximum Gasteiger partial charge on any atom is 0.228 e. The van der Waals surface area contributed by atoms with Crippen LogP contribution in [-0.4, -0.2) is 40.9 Å². The first kappa shape index (κ1) is 15.3. The second-order valence-electron chi connectivity index (χ2n) is 6.12. The van der Waals surface area contributed by atoms with E-state index in [-0.39, 0.29) is 18.1 Å². The van der Waals surface area contributed by atoms with E-state index >= 15 is 0 Å². The average molecular weight is 332 g/mol. The number of likely N-dealkylation sites (tertiary alicyclic amines) is 1. The Hall–Kier alpha value is -0.0900. The lowest BCUT2D eigenvalue weighted by Crippen LogP contribution is -2.47. The van der Waals surface area contributed by atoms with Crippen LogP contribution in [0.4, 0.5) is 0 Å². The molecule has 2 rings (SSSR count). The zero-order valence-corrected chi connectivity index (χ0v) is 13.9. The number of carbonyl (C=O) groups excluding carboxylic acids is 1. The van der Waals surface area contributed by atoms with Crippen molar-refractivity contribution in [1.29, 1.82) is 0 Å². The quantitative estimate of drug-likeness (QED) is 0.727. The summed E-state index contributed by atoms with van der Waals surface area (Å²) in [6.45, 7) is 7.19. The predicted octanol–water partition coefficient (Wildman–Crippen LogP) is 3.21. The lowest BCUT2D eigenvalue weighted by atomic mass is 9.88. The Kier molecular flexibility index (Phi) is 5.29. The zero-order chi connectivity index (χ0) is 14.0. The molecule has 1 amide bonds. The Bertz CT molecular complexity index is 323. The van der Waals surface area contributed by atoms with Crippen LogP contribution in [0.2, 0.25) is 0 Å². The Morgan fingerprint density at radius 3 is 2.53 bits per heavy atom. The number of rotatable bonds is 2. The second kappa shape index (κ2) is 6.57. The van der Waals surface area contributed by atoms with Crippen molar-refractivity contribution < 1.29 is 9.53 Å². The number of hydrogen-bond donors (Lipinski definition) is 0. The first-order chi connectivity index (χ1) is 9.06. The zero-order valence-electron chi connectivity index (χ0n) is 12.3. The topological polar surface area (TPSA) is 29.5 Å². The van der Waals surface area contributed by atoms with Gasteiger partial charge >= 0.3 is 0 Å². The van der Waals surface area contributed by atoms with Crippen molar-refractivity contribution >= 4 is 21.8 Å². The van der Waals surface area contributed by atoms with Crippen molar-refractivity contribution in [2.24, 2.45) is 11.8 Å². The minimum absolute atomic E-state index is 0.0367. The van der Waals surface area contributed by atoms with Gasteiger partial charge in [-0.3, -0.25) is 4.79 Å². The van der Waals surface area contributed by atoms with Gasteiger partial charge in [-0.05, 0) is 32.6 Å². The Labute approximate surface area is 125 Å². The minimum Gasteiger partial charge on any atom is -0.374 e. The van der Waals surface area contributed by atoms with Gasteiger partial charge in [0.15, 0.2) is 0 Å². The monoisotopic (exact) mass is 331 g/mol. The third-order valence-electron chi connectivity index (χ3n) is 4.87. The van der Waals surface area contributed by atoms with Gasteiger partial charge in [-0.15, -0.1) is 0 Å². The van der Waals surface area contributed by atoms with Crippen LogP contribution in [0.5, 0.6) is 0 Å². The maximum atomic E-state index is 12.9. The highest BCUT2D eigenvalue weighted by atomic mass is 79.9. The first-order valence-corrected chi connectivity index (χ1v) is 8.70. The van der Waals surface area contributed by atoms with E-state index in [0.29, 0.717) is 17.9 Å². The van der Waals surface area contributed by atoms with Crippen LogP contribution in [0.1, 0.15) is 46.5 Å². The van der Waals surface area contributed by atoms with E-state index in [0.717, 1.165) is 24.7 Å². The van der Waals surface area contributed by atoms with E-state index < -0.39 is 0 Å². The number of hydrogen-bond acceptors (Lipinski definition) is 2. The van der Waals surface area contributed by atoms with Crippen LogP contribution < -0.4 is 0 Å². The van der Waals surface area contributed by atoms with Gasteiger partial charge in [-0.25, -0.2) is 0 Å². The molecule has 4 heteroatoms. The van der Waals surface area contributed by atoms with Crippen LogP contribution in [0, 0.1) is 11.8 Å². The summed E-state index contributed by atoms with van der Waals surface area (Å²) in [5, 5.41) is 0.893. The minimum atomic E-state index is 0.0367. The van der Waals surface area contributed by atoms with E-state index in [1.165, 1.54) is 12.8 Å². The normalized spacial score (nSPS) is 40.2. The first-order valence-electron chi connectivity index (χ1n) is 7.58. The summed E-state index contributed by atoms with van der Waals surface area (Å²) in [5.41, 5.74) is 0. The molecule has 0 aliphatic carbocycles. The van der Waals surface area contributed by atoms with Crippen LogP contribution in [0.15, 0.2) is 0 Å². The van der Waals surface area contributed by atoms with E-state index in [1.807, 2.05) is 6.92 Å². The molecule has 5 atom stereocenters. The summed E-state index contributed by atoms with van der Waals surface area (Å²) in [6.07, 6.45) is 5.00. The third-order valence-corrected chi connectivity index (χ3v) is 5.61. The molecule has 3 nitrogen and oxygen atoms in total. The summed E-state index contributed by atoms with van der Waals surface area (Å²) in [5.74, 6) is 0.673. The molecule has 2 fully saturated rings. The molecule has 0 aromatic rings. The van der Waals surface area contributed by atoms with Crippen LogP contribution in [0.25, 0.3) is 0 Å². The molecule has 0 aromatic carbocycles. The highest BCUT2D eigenvalue weighted by Gasteiger charge is 2.44. The molecule has 2 saturated heterocycles. The fourth-order valence-electron chi connectivity index (χ4n) is 3.51. The van der Waals surface area contributed by atoms with Crippen LogP contribution in [-0.2, 0) is 9.53 Å². The van der Waals surface area contributed by atoms with Gasteiger partial charge in [0.2, 0.25) is 5.91 Å². The van der Waals surface area contributed by atoms with Gasteiger partial charge in [-0.2, -0.15) is 0 Å². The summed E-state index contributed by atoms with van der Waals surface area (Å²) in [4.78, 5) is 15.0. The Morgan fingerprint density at radius 2 is 1.95 bits per heavy atom. The third kappa shape index (κ3) is 3.15. The summed E-state index contributed by atoms with van der Waals surface area (Å²) >= 11 is 3.58. The number of nitrogens with zero attached hydrogens (tertiary/aromatic N) is 1. The molecular weight excluding hydrogens is 306 g/mol. The summed E-state index contributed by atoms with van der Waals surface area (Å²) in [7, 11) is 0. The number of carbonyl (C=O) groups is 1. The second-order valence-corrected chi connectivity index (χ2v) is 6.77. The SMILES string of the molecule is CC1OC(C)C(C(=O)N2CCCCCC2CBr)C1C. The molecule has 0 radical (unpaired) electrons. The van der Waals surface area contributed by atoms with E-state index in [1.54, 1.807) is 0 Å². The van der Waals surface area contributed by atoms with Crippen molar-refractivity contribution in [3.63, 3.8) is 0 Å². The van der Waals surface area contributed by atoms with Gasteiger partial charge in [0.05, 0.1) is 18.1 Å². The Morgan fingerprint density at radius 1 is 1.21 bits per heavy atom. The predicted molar refractivity (Wildman–Crippen MR) is 80.4 cm³/mol. The molecule has 0 N–H and O–H groups in total. The van der Waals surface area contributed by atoms with Gasteiger partial charge in [0.25, 0.3) is 0 Å². The molecule has 0 bridgehead atoms. The fraction of sp³-hybridized carbons (Fsp3) is 0.933. The number of alkyl halides is 1. The standard InChI is InChI=1S/C15H26BrNO2/c1-10-11(2)19-12(3)14(10)15(18)17-8-6-4-5-7-13(17)9-16/h10-14H,4-9H2,1-3H3. The number of amides is 1. The molecule has 0 saturated carbocycles. The smallest absolute Gasteiger partial charge is 0.228 e. The lowest BCUT2D eigenvalue weighted by Gasteiger charge is -2.33. The van der Waals surface area contributed by atoms with Crippen LogP contribution >= 0.6 is 15.9 Å². The molecule has 0 aromatic heterocycles. The van der Waals surface area contributed by atoms with Crippen molar-refractivity contribution in [3.8, 4) is 0 Å². The average Bonchev–Trinajstić information content (AvgIpc) is 2.60. The molecule has 5 unspecified atom stereocenters. The molecule has 2 aliphatic heterocycles. The van der Waals surface area contributed by atoms with E-state index in [9.17, 15) is 4.79 Å². The molecular formula is C15H26BrNO2. The van der Waals surface area contributed by atoms with Gasteiger partial charge in [-0.1, -0.05) is 35.7 Å². The van der Waals surface area contributed by atoms with E-state index in [2.05, 4.69) is 34.7 Å². The molecule has 0 spiro atoms. The largest absolute Gasteiger partial charge is 0.374 e. The number of ether oxygens (including phenoxy) is 1. The van der Waals surface area contributed by atoms with Crippen molar-refractivity contribution in [2.45, 2.75) is 64.7 Å². The number of halogens is 1. The highest BCUT2D eigenvalue weighted by Crippen LogP contribution is 2.34. The molecule has 19 heavy (non-hydrogen) atoms. The van der Waals surface area contributed by atoms with Crippen molar-refractivity contribution in [2.75, 3.05) is 11.9 Å². The fourth-order valence-corrected chi connectivity index (χ4v) is 4.18. The lowest BCUT2D eigenvalue weighted by molar-refractivity contribution is -0.139. The summed E-state index contributed by atoms with van der Waals surface area (Å²) in [6, 6.07) is 0.366. The maximum absolute atomic E-state index is 12.9. The Balaban J connectivity index is 2.12. The van der Waals surface area contributed by atoms with E-state index in [4.69, 9.17) is 4.74 Å². The molecule has 2 heterocycles. The van der Waals surface area contributed by atoms with Gasteiger partial charge in [0.1, 0.15) is 0 Å².